The quantitative estimate of drug-likeness (QED) is 0.829. The second kappa shape index (κ2) is 5.12. The van der Waals surface area contributed by atoms with Crippen LogP contribution in [-0.2, 0) is 0 Å². The van der Waals surface area contributed by atoms with Gasteiger partial charge in [-0.1, -0.05) is 12.1 Å². The minimum atomic E-state index is -4.71. The van der Waals surface area contributed by atoms with Crippen molar-refractivity contribution in [3.05, 3.63) is 29.8 Å². The van der Waals surface area contributed by atoms with Gasteiger partial charge < -0.3 is 4.74 Å². The summed E-state index contributed by atoms with van der Waals surface area (Å²) in [5, 5.41) is 8.03. The minimum Gasteiger partial charge on any atom is -0.406 e. The summed E-state index contributed by atoms with van der Waals surface area (Å²) in [5.41, 5.74) is 0.520. The number of nitriles is 1. The van der Waals surface area contributed by atoms with E-state index in [4.69, 9.17) is 5.26 Å². The summed E-state index contributed by atoms with van der Waals surface area (Å²) < 4.78 is 39.5. The summed E-state index contributed by atoms with van der Waals surface area (Å²) in [7, 11) is 0. The van der Waals surface area contributed by atoms with E-state index in [9.17, 15) is 13.2 Å². The van der Waals surface area contributed by atoms with Crippen LogP contribution in [0.5, 0.6) is 5.75 Å². The second-order valence-electron chi connectivity index (χ2n) is 3.00. The molecule has 0 aliphatic heterocycles. The van der Waals surface area contributed by atoms with E-state index in [1.54, 1.807) is 6.07 Å². The average Bonchev–Trinajstić information content (AvgIpc) is 2.16. The molecular weight excluding hydrogens is 239 g/mol. The number of hydrogen-bond acceptors (Lipinski definition) is 3. The molecule has 0 aliphatic carbocycles. The molecule has 1 atom stereocenters. The molecule has 1 unspecified atom stereocenters. The second-order valence-corrected chi connectivity index (χ2v) is 3.62. The van der Waals surface area contributed by atoms with Gasteiger partial charge in [0, 0.05) is 5.25 Å². The molecule has 0 bridgehead atoms. The Kier molecular flexibility index (Phi) is 4.07. The number of halogens is 3. The Hall–Kier alpha value is -1.35. The average molecular weight is 247 g/mol. The highest BCUT2D eigenvalue weighted by Crippen LogP contribution is 2.29. The lowest BCUT2D eigenvalue weighted by Crippen LogP contribution is -2.17. The van der Waals surface area contributed by atoms with Crippen molar-refractivity contribution in [2.45, 2.75) is 18.0 Å². The highest BCUT2D eigenvalue weighted by Gasteiger charge is 2.31. The fraction of sp³-hybridized carbons (Fsp3) is 0.300. The van der Waals surface area contributed by atoms with Gasteiger partial charge in [0.15, 0.2) is 0 Å². The lowest BCUT2D eigenvalue weighted by atomic mass is 10.1. The normalized spacial score (nSPS) is 12.9. The molecule has 0 radical (unpaired) electrons. The first-order valence-corrected chi connectivity index (χ1v) is 4.85. The Morgan fingerprint density at radius 1 is 1.44 bits per heavy atom. The van der Waals surface area contributed by atoms with Gasteiger partial charge >= 0.3 is 6.36 Å². The van der Waals surface area contributed by atoms with Crippen LogP contribution in [0.15, 0.2) is 24.3 Å². The van der Waals surface area contributed by atoms with Crippen LogP contribution >= 0.6 is 12.6 Å². The third-order valence-corrected chi connectivity index (χ3v) is 2.24. The molecule has 0 saturated heterocycles. The van der Waals surface area contributed by atoms with Gasteiger partial charge in [0.05, 0.1) is 12.5 Å². The first-order valence-electron chi connectivity index (χ1n) is 4.33. The smallest absolute Gasteiger partial charge is 0.406 e. The highest BCUT2D eigenvalue weighted by molar-refractivity contribution is 7.80. The van der Waals surface area contributed by atoms with Crippen molar-refractivity contribution in [3.63, 3.8) is 0 Å². The van der Waals surface area contributed by atoms with Gasteiger partial charge in [0.1, 0.15) is 5.75 Å². The van der Waals surface area contributed by atoms with Crippen molar-refractivity contribution in [3.8, 4) is 11.8 Å². The summed E-state index contributed by atoms with van der Waals surface area (Å²) >= 11 is 4.10. The van der Waals surface area contributed by atoms with E-state index >= 15 is 0 Å². The molecule has 1 aromatic rings. The van der Waals surface area contributed by atoms with Crippen molar-refractivity contribution < 1.29 is 17.9 Å². The molecule has 0 spiro atoms. The molecule has 16 heavy (non-hydrogen) atoms. The largest absolute Gasteiger partial charge is 0.573 e. The van der Waals surface area contributed by atoms with Crippen molar-refractivity contribution in [1.82, 2.24) is 0 Å². The van der Waals surface area contributed by atoms with Gasteiger partial charge in [-0.05, 0) is 17.7 Å². The van der Waals surface area contributed by atoms with Crippen molar-refractivity contribution in [2.75, 3.05) is 0 Å². The molecule has 0 aliphatic rings. The molecular formula is C10H8F3NOS. The number of thiol groups is 1. The van der Waals surface area contributed by atoms with E-state index in [0.717, 1.165) is 0 Å². The van der Waals surface area contributed by atoms with Crippen molar-refractivity contribution in [2.24, 2.45) is 0 Å². The molecule has 2 nitrogen and oxygen atoms in total. The Balaban J connectivity index is 2.83. The topological polar surface area (TPSA) is 33.0 Å². The first kappa shape index (κ1) is 12.7. The number of ether oxygens (including phenoxy) is 1. The number of hydrogen-bond donors (Lipinski definition) is 1. The molecule has 0 fully saturated rings. The van der Waals surface area contributed by atoms with E-state index < -0.39 is 11.6 Å². The molecule has 0 aromatic heterocycles. The van der Waals surface area contributed by atoms with Crippen LogP contribution in [0.2, 0.25) is 0 Å². The van der Waals surface area contributed by atoms with Gasteiger partial charge in [-0.25, -0.2) is 0 Å². The van der Waals surface area contributed by atoms with Crippen LogP contribution in [-0.4, -0.2) is 6.36 Å². The SMILES string of the molecule is N#CCC(S)c1cccc(OC(F)(F)F)c1. The third kappa shape index (κ3) is 4.03. The Morgan fingerprint density at radius 3 is 2.69 bits per heavy atom. The summed E-state index contributed by atoms with van der Waals surface area (Å²) in [5.74, 6) is -0.304. The van der Waals surface area contributed by atoms with Crippen LogP contribution in [0.4, 0.5) is 13.2 Å². The predicted octanol–water partition coefficient (Wildman–Crippen LogP) is 3.47. The van der Waals surface area contributed by atoms with Gasteiger partial charge in [-0.2, -0.15) is 17.9 Å². The maximum atomic E-state index is 11.9. The fourth-order valence-electron chi connectivity index (χ4n) is 1.12. The molecule has 0 saturated carbocycles. The summed E-state index contributed by atoms with van der Waals surface area (Å²) in [6.45, 7) is 0. The summed E-state index contributed by atoms with van der Waals surface area (Å²) in [6.07, 6.45) is -4.58. The maximum absolute atomic E-state index is 11.9. The number of benzene rings is 1. The zero-order chi connectivity index (χ0) is 12.2. The third-order valence-electron chi connectivity index (χ3n) is 1.76. The molecule has 0 heterocycles. The minimum absolute atomic E-state index is 0.124. The standard InChI is InChI=1S/C10H8F3NOS/c11-10(12,13)15-8-3-1-2-7(6-8)9(16)4-5-14/h1-3,6,9,16H,4H2. The van der Waals surface area contributed by atoms with Crippen LogP contribution < -0.4 is 4.74 Å². The zero-order valence-corrected chi connectivity index (χ0v) is 8.92. The molecule has 86 valence electrons. The number of nitrogens with zero attached hydrogens (tertiary/aromatic N) is 1. The molecule has 6 heteroatoms. The first-order chi connectivity index (χ1) is 7.42. The number of rotatable bonds is 3. The molecule has 1 rings (SSSR count). The fourth-order valence-corrected chi connectivity index (χ4v) is 1.37. The maximum Gasteiger partial charge on any atom is 0.573 e. The van der Waals surface area contributed by atoms with Gasteiger partial charge in [-0.15, -0.1) is 13.2 Å². The van der Waals surface area contributed by atoms with Crippen molar-refractivity contribution >= 4 is 12.6 Å². The summed E-state index contributed by atoms with van der Waals surface area (Å²) in [4.78, 5) is 0. The lowest BCUT2D eigenvalue weighted by molar-refractivity contribution is -0.274. The summed E-state index contributed by atoms with van der Waals surface area (Å²) in [6, 6.07) is 7.34. The predicted molar refractivity (Wildman–Crippen MR) is 55.1 cm³/mol. The van der Waals surface area contributed by atoms with E-state index in [1.165, 1.54) is 18.2 Å². The van der Waals surface area contributed by atoms with Crippen LogP contribution in [0.1, 0.15) is 17.2 Å². The van der Waals surface area contributed by atoms with Gasteiger partial charge in [0.25, 0.3) is 0 Å². The lowest BCUT2D eigenvalue weighted by Gasteiger charge is -2.11. The van der Waals surface area contributed by atoms with Crippen molar-refractivity contribution in [1.29, 1.82) is 5.26 Å². The molecule has 0 N–H and O–H groups in total. The zero-order valence-electron chi connectivity index (χ0n) is 8.03. The van der Waals surface area contributed by atoms with E-state index in [1.807, 2.05) is 6.07 Å². The van der Waals surface area contributed by atoms with Crippen LogP contribution in [0.25, 0.3) is 0 Å². The van der Waals surface area contributed by atoms with Gasteiger partial charge in [-0.3, -0.25) is 0 Å². The van der Waals surface area contributed by atoms with E-state index in [-0.39, 0.29) is 12.2 Å². The van der Waals surface area contributed by atoms with Crippen LogP contribution in [0, 0.1) is 11.3 Å². The van der Waals surface area contributed by atoms with Gasteiger partial charge in [0.2, 0.25) is 0 Å². The van der Waals surface area contributed by atoms with E-state index in [2.05, 4.69) is 17.4 Å². The number of alkyl halides is 3. The van der Waals surface area contributed by atoms with E-state index in [0.29, 0.717) is 5.56 Å². The van der Waals surface area contributed by atoms with Crippen LogP contribution in [0.3, 0.4) is 0 Å². The molecule has 1 aromatic carbocycles. The molecule has 0 amide bonds. The Labute approximate surface area is 96.0 Å². The monoisotopic (exact) mass is 247 g/mol. The Bertz CT molecular complexity index is 400. The Morgan fingerprint density at radius 2 is 2.12 bits per heavy atom. The highest BCUT2D eigenvalue weighted by atomic mass is 32.1.